The van der Waals surface area contributed by atoms with Crippen molar-refractivity contribution in [1.82, 2.24) is 14.8 Å². The summed E-state index contributed by atoms with van der Waals surface area (Å²) < 4.78 is 15.7. The Bertz CT molecular complexity index is 962. The molecule has 3 rings (SSSR count). The molecule has 1 N–H and O–H groups in total. The SMILES string of the molecule is C=CCn1c(SCC(=O)Nc2ccc(Cl)cc2F)nnc1-c1ccccc1. The van der Waals surface area contributed by atoms with Gasteiger partial charge in [-0.3, -0.25) is 9.36 Å². The van der Waals surface area contributed by atoms with E-state index in [4.69, 9.17) is 11.6 Å². The van der Waals surface area contributed by atoms with Crippen molar-refractivity contribution in [3.63, 3.8) is 0 Å². The Labute approximate surface area is 165 Å². The molecule has 2 aromatic carbocycles. The molecule has 1 amide bonds. The van der Waals surface area contributed by atoms with Crippen molar-refractivity contribution in [1.29, 1.82) is 0 Å². The summed E-state index contributed by atoms with van der Waals surface area (Å²) in [6.45, 7) is 4.27. The number of carbonyl (C=O) groups excluding carboxylic acids is 1. The molecule has 0 fully saturated rings. The van der Waals surface area contributed by atoms with Gasteiger partial charge in [-0.2, -0.15) is 0 Å². The Balaban J connectivity index is 1.71. The molecule has 1 heterocycles. The Morgan fingerprint density at radius 3 is 2.74 bits per heavy atom. The Morgan fingerprint density at radius 1 is 1.26 bits per heavy atom. The lowest BCUT2D eigenvalue weighted by atomic mass is 10.2. The Morgan fingerprint density at radius 2 is 2.04 bits per heavy atom. The maximum Gasteiger partial charge on any atom is 0.234 e. The average Bonchev–Trinajstić information content (AvgIpc) is 3.06. The van der Waals surface area contributed by atoms with Crippen LogP contribution in [0.5, 0.6) is 0 Å². The molecule has 27 heavy (non-hydrogen) atoms. The first-order valence-electron chi connectivity index (χ1n) is 8.05. The summed E-state index contributed by atoms with van der Waals surface area (Å²) in [5.74, 6) is -0.175. The van der Waals surface area contributed by atoms with Gasteiger partial charge in [0.2, 0.25) is 5.91 Å². The van der Waals surface area contributed by atoms with Crippen LogP contribution in [0.1, 0.15) is 0 Å². The van der Waals surface area contributed by atoms with Crippen LogP contribution in [0.4, 0.5) is 10.1 Å². The second-order valence-corrected chi connectivity index (χ2v) is 6.91. The van der Waals surface area contributed by atoms with Crippen molar-refractivity contribution in [3.8, 4) is 11.4 Å². The lowest BCUT2D eigenvalue weighted by molar-refractivity contribution is -0.113. The third kappa shape index (κ3) is 4.75. The fourth-order valence-corrected chi connectivity index (χ4v) is 3.30. The molecule has 138 valence electrons. The Kier molecular flexibility index (Phi) is 6.26. The number of thioether (sulfide) groups is 1. The maximum atomic E-state index is 13.8. The number of benzene rings is 2. The number of hydrogen-bond donors (Lipinski definition) is 1. The van der Waals surface area contributed by atoms with Crippen LogP contribution in [0.2, 0.25) is 5.02 Å². The number of hydrogen-bond acceptors (Lipinski definition) is 4. The monoisotopic (exact) mass is 402 g/mol. The number of amides is 1. The van der Waals surface area contributed by atoms with Gasteiger partial charge in [-0.15, -0.1) is 16.8 Å². The van der Waals surface area contributed by atoms with E-state index in [0.29, 0.717) is 17.5 Å². The van der Waals surface area contributed by atoms with Gasteiger partial charge in [-0.05, 0) is 18.2 Å². The van der Waals surface area contributed by atoms with Crippen LogP contribution in [0.3, 0.4) is 0 Å². The fraction of sp³-hybridized carbons (Fsp3) is 0.105. The predicted molar refractivity (Wildman–Crippen MR) is 106 cm³/mol. The quantitative estimate of drug-likeness (QED) is 0.461. The fourth-order valence-electron chi connectivity index (χ4n) is 2.40. The minimum Gasteiger partial charge on any atom is -0.323 e. The first-order valence-corrected chi connectivity index (χ1v) is 9.42. The van der Waals surface area contributed by atoms with Crippen molar-refractivity contribution < 1.29 is 9.18 Å². The Hall–Kier alpha value is -2.64. The van der Waals surface area contributed by atoms with Crippen LogP contribution >= 0.6 is 23.4 Å². The second kappa shape index (κ2) is 8.83. The lowest BCUT2D eigenvalue weighted by Crippen LogP contribution is -2.15. The molecule has 0 atom stereocenters. The standard InChI is InChI=1S/C19H16ClFN4OS/c1-2-10-25-18(13-6-4-3-5-7-13)23-24-19(25)27-12-17(26)22-16-9-8-14(20)11-15(16)21/h2-9,11H,1,10,12H2,(H,22,26). The van der Waals surface area contributed by atoms with Crippen LogP contribution in [0, 0.1) is 5.82 Å². The van der Waals surface area contributed by atoms with Gasteiger partial charge in [0.1, 0.15) is 5.82 Å². The van der Waals surface area contributed by atoms with Crippen LogP contribution in [-0.4, -0.2) is 26.4 Å². The molecule has 0 aliphatic heterocycles. The van der Waals surface area contributed by atoms with Gasteiger partial charge >= 0.3 is 0 Å². The van der Waals surface area contributed by atoms with E-state index in [2.05, 4.69) is 22.1 Å². The van der Waals surface area contributed by atoms with Gasteiger partial charge < -0.3 is 5.32 Å². The second-order valence-electron chi connectivity index (χ2n) is 5.53. The van der Waals surface area contributed by atoms with Crippen LogP contribution < -0.4 is 5.32 Å². The topological polar surface area (TPSA) is 59.8 Å². The number of nitrogens with zero attached hydrogens (tertiary/aromatic N) is 3. The normalized spacial score (nSPS) is 10.6. The molecule has 0 bridgehead atoms. The van der Waals surface area contributed by atoms with E-state index >= 15 is 0 Å². The highest BCUT2D eigenvalue weighted by Crippen LogP contribution is 2.24. The molecule has 8 heteroatoms. The maximum absolute atomic E-state index is 13.8. The van der Waals surface area contributed by atoms with E-state index in [1.165, 1.54) is 23.9 Å². The summed E-state index contributed by atoms with van der Waals surface area (Å²) in [5.41, 5.74) is 1.01. The van der Waals surface area contributed by atoms with Crippen molar-refractivity contribution in [3.05, 3.63) is 72.0 Å². The zero-order chi connectivity index (χ0) is 19.2. The van der Waals surface area contributed by atoms with E-state index in [0.717, 1.165) is 11.6 Å². The number of halogens is 2. The summed E-state index contributed by atoms with van der Waals surface area (Å²) in [5, 5.41) is 11.8. The number of rotatable bonds is 7. The van der Waals surface area contributed by atoms with Crippen molar-refractivity contribution in [2.75, 3.05) is 11.1 Å². The molecule has 0 spiro atoms. The summed E-state index contributed by atoms with van der Waals surface area (Å²) in [6, 6.07) is 13.7. The molecule has 0 unspecified atom stereocenters. The van der Waals surface area contributed by atoms with Crippen LogP contribution in [0.15, 0.2) is 66.3 Å². The highest BCUT2D eigenvalue weighted by molar-refractivity contribution is 7.99. The smallest absolute Gasteiger partial charge is 0.234 e. The molecule has 0 aliphatic carbocycles. The highest BCUT2D eigenvalue weighted by atomic mass is 35.5. The molecular formula is C19H16ClFN4OS. The van der Waals surface area contributed by atoms with Crippen LogP contribution in [-0.2, 0) is 11.3 Å². The molecule has 0 saturated heterocycles. The summed E-state index contributed by atoms with van der Waals surface area (Å²) in [7, 11) is 0. The van der Waals surface area contributed by atoms with E-state index < -0.39 is 5.82 Å². The van der Waals surface area contributed by atoms with Crippen molar-refractivity contribution in [2.45, 2.75) is 11.7 Å². The first kappa shape index (κ1) is 19.1. The molecular weight excluding hydrogens is 387 g/mol. The number of allylic oxidation sites excluding steroid dienone is 1. The predicted octanol–water partition coefficient (Wildman–Crippen LogP) is 4.65. The van der Waals surface area contributed by atoms with Crippen molar-refractivity contribution >= 4 is 35.0 Å². The average molecular weight is 403 g/mol. The zero-order valence-corrected chi connectivity index (χ0v) is 15.8. The third-order valence-electron chi connectivity index (χ3n) is 3.60. The minimum absolute atomic E-state index is 0.0616. The first-order chi connectivity index (χ1) is 13.1. The number of aromatic nitrogens is 3. The van der Waals surface area contributed by atoms with E-state index in [-0.39, 0.29) is 22.4 Å². The number of anilines is 1. The van der Waals surface area contributed by atoms with Gasteiger partial charge in [-0.25, -0.2) is 4.39 Å². The summed E-state index contributed by atoms with van der Waals surface area (Å²) in [4.78, 5) is 12.2. The van der Waals surface area contributed by atoms with Gasteiger partial charge in [0.05, 0.1) is 11.4 Å². The molecule has 0 aliphatic rings. The molecule has 0 saturated carbocycles. The van der Waals surface area contributed by atoms with E-state index in [9.17, 15) is 9.18 Å². The largest absolute Gasteiger partial charge is 0.323 e. The van der Waals surface area contributed by atoms with Gasteiger partial charge in [0.25, 0.3) is 0 Å². The lowest BCUT2D eigenvalue weighted by Gasteiger charge is -2.08. The molecule has 1 aromatic heterocycles. The van der Waals surface area contributed by atoms with Gasteiger partial charge in [-0.1, -0.05) is 59.8 Å². The van der Waals surface area contributed by atoms with Gasteiger partial charge in [0, 0.05) is 17.1 Å². The van der Waals surface area contributed by atoms with Crippen LogP contribution in [0.25, 0.3) is 11.4 Å². The van der Waals surface area contributed by atoms with Crippen molar-refractivity contribution in [2.24, 2.45) is 0 Å². The number of nitrogens with one attached hydrogen (secondary N) is 1. The summed E-state index contributed by atoms with van der Waals surface area (Å²) in [6.07, 6.45) is 1.74. The molecule has 0 radical (unpaired) electrons. The van der Waals surface area contributed by atoms with E-state index in [1.54, 1.807) is 6.08 Å². The van der Waals surface area contributed by atoms with E-state index in [1.807, 2.05) is 34.9 Å². The summed E-state index contributed by atoms with van der Waals surface area (Å²) >= 11 is 6.93. The van der Waals surface area contributed by atoms with Gasteiger partial charge in [0.15, 0.2) is 11.0 Å². The third-order valence-corrected chi connectivity index (χ3v) is 4.80. The molecule has 5 nitrogen and oxygen atoms in total. The number of carbonyl (C=O) groups is 1. The minimum atomic E-state index is -0.581. The highest BCUT2D eigenvalue weighted by Gasteiger charge is 2.15. The zero-order valence-electron chi connectivity index (χ0n) is 14.2. The molecule has 3 aromatic rings.